The number of aromatic nitrogens is 1. The third kappa shape index (κ3) is 2.71. The van der Waals surface area contributed by atoms with Gasteiger partial charge in [0.25, 0.3) is 0 Å². The molecule has 0 saturated heterocycles. The summed E-state index contributed by atoms with van der Waals surface area (Å²) >= 11 is 3.58. The fourth-order valence-electron chi connectivity index (χ4n) is 2.05. The molecule has 0 bridgehead atoms. The first-order valence-corrected chi connectivity index (χ1v) is 8.20. The Morgan fingerprint density at radius 2 is 2.16 bits per heavy atom. The van der Waals surface area contributed by atoms with Gasteiger partial charge in [-0.05, 0) is 19.0 Å². The van der Waals surface area contributed by atoms with Gasteiger partial charge in [-0.25, -0.2) is 4.98 Å². The number of fused-ring (bicyclic) bond motifs is 1. The Labute approximate surface area is 121 Å². The number of thiazole rings is 1. The Kier molecular flexibility index (Phi) is 3.92. The molecule has 3 rings (SSSR count). The minimum absolute atomic E-state index is 0.924. The molecule has 1 aromatic carbocycles. The lowest BCUT2D eigenvalue weighted by Crippen LogP contribution is -2.12. The predicted octanol–water partition coefficient (Wildman–Crippen LogP) is 4.52. The van der Waals surface area contributed by atoms with Crippen molar-refractivity contribution >= 4 is 32.8 Å². The van der Waals surface area contributed by atoms with E-state index in [0.717, 1.165) is 18.1 Å². The molecule has 0 spiro atoms. The van der Waals surface area contributed by atoms with Crippen molar-refractivity contribution in [1.82, 2.24) is 10.3 Å². The van der Waals surface area contributed by atoms with Crippen molar-refractivity contribution in [3.05, 3.63) is 40.7 Å². The maximum atomic E-state index is 4.57. The molecule has 0 unspecified atom stereocenters. The van der Waals surface area contributed by atoms with E-state index in [0.29, 0.717) is 0 Å². The van der Waals surface area contributed by atoms with Crippen LogP contribution in [0.4, 0.5) is 0 Å². The summed E-state index contributed by atoms with van der Waals surface area (Å²) in [6.07, 6.45) is 3.16. The average Bonchev–Trinajstić information content (AvgIpc) is 3.05. The topological polar surface area (TPSA) is 24.9 Å². The van der Waals surface area contributed by atoms with Gasteiger partial charge in [-0.3, -0.25) is 0 Å². The number of nitrogens with one attached hydrogen (secondary N) is 1. The lowest BCUT2D eigenvalue weighted by Gasteiger charge is -1.98. The summed E-state index contributed by atoms with van der Waals surface area (Å²) in [6, 6.07) is 8.53. The number of hydrogen-bond acceptors (Lipinski definition) is 4. The number of hydrogen-bond donors (Lipinski definition) is 1. The van der Waals surface area contributed by atoms with E-state index in [1.165, 1.54) is 26.9 Å². The Morgan fingerprint density at radius 3 is 3.05 bits per heavy atom. The molecule has 19 heavy (non-hydrogen) atoms. The highest BCUT2D eigenvalue weighted by Gasteiger charge is 2.09. The van der Waals surface area contributed by atoms with Crippen LogP contribution in [0, 0.1) is 0 Å². The minimum atomic E-state index is 0.924. The van der Waals surface area contributed by atoms with Crippen LogP contribution in [0.25, 0.3) is 20.7 Å². The molecule has 0 aliphatic carbocycles. The van der Waals surface area contributed by atoms with Gasteiger partial charge in [0.2, 0.25) is 0 Å². The van der Waals surface area contributed by atoms with Crippen molar-refractivity contribution < 1.29 is 0 Å². The summed E-state index contributed by atoms with van der Waals surface area (Å²) in [5.74, 6) is 0. The van der Waals surface area contributed by atoms with Crippen LogP contribution in [0.3, 0.4) is 0 Å². The van der Waals surface area contributed by atoms with Crippen LogP contribution in [-0.4, -0.2) is 11.5 Å². The van der Waals surface area contributed by atoms with Crippen LogP contribution in [-0.2, 0) is 6.54 Å². The van der Waals surface area contributed by atoms with Crippen molar-refractivity contribution in [1.29, 1.82) is 0 Å². The largest absolute Gasteiger partial charge is 0.312 e. The van der Waals surface area contributed by atoms with Crippen LogP contribution in [0.15, 0.2) is 35.8 Å². The molecule has 2 heterocycles. The molecular weight excluding hydrogens is 272 g/mol. The maximum absolute atomic E-state index is 4.57. The second kappa shape index (κ2) is 5.82. The fourth-order valence-corrected chi connectivity index (χ4v) is 3.98. The quantitative estimate of drug-likeness (QED) is 0.698. The zero-order valence-electron chi connectivity index (χ0n) is 10.8. The van der Waals surface area contributed by atoms with Gasteiger partial charge in [-0.1, -0.05) is 25.1 Å². The highest BCUT2D eigenvalue weighted by molar-refractivity contribution is 7.19. The van der Waals surface area contributed by atoms with Crippen molar-refractivity contribution in [2.45, 2.75) is 19.9 Å². The smallest absolute Gasteiger partial charge is 0.125 e. The molecule has 0 saturated carbocycles. The van der Waals surface area contributed by atoms with Gasteiger partial charge in [0.05, 0.1) is 0 Å². The molecular formula is C15H16N2S2. The summed E-state index contributed by atoms with van der Waals surface area (Å²) in [7, 11) is 0. The highest BCUT2D eigenvalue weighted by Crippen LogP contribution is 2.35. The fraction of sp³-hybridized carbons (Fsp3) is 0.267. The van der Waals surface area contributed by atoms with E-state index in [-0.39, 0.29) is 0 Å². The number of rotatable bonds is 5. The number of nitrogens with zero attached hydrogens (tertiary/aromatic N) is 1. The normalized spacial score (nSPS) is 11.2. The Hall–Kier alpha value is -1.23. The van der Waals surface area contributed by atoms with Gasteiger partial charge in [-0.2, -0.15) is 0 Å². The van der Waals surface area contributed by atoms with Crippen molar-refractivity contribution in [3.63, 3.8) is 0 Å². The van der Waals surface area contributed by atoms with Crippen molar-refractivity contribution in [3.8, 4) is 10.6 Å². The summed E-state index contributed by atoms with van der Waals surface area (Å²) in [5, 5.41) is 8.08. The first-order valence-electron chi connectivity index (χ1n) is 6.50. The zero-order chi connectivity index (χ0) is 13.1. The third-order valence-corrected chi connectivity index (χ3v) is 4.99. The molecule has 2 nitrogen and oxygen atoms in total. The molecule has 0 radical (unpaired) electrons. The molecule has 4 heteroatoms. The average molecular weight is 288 g/mol. The van der Waals surface area contributed by atoms with Crippen molar-refractivity contribution in [2.75, 3.05) is 6.54 Å². The Morgan fingerprint density at radius 1 is 1.26 bits per heavy atom. The van der Waals surface area contributed by atoms with E-state index in [9.17, 15) is 0 Å². The monoisotopic (exact) mass is 288 g/mol. The molecule has 1 N–H and O–H groups in total. The van der Waals surface area contributed by atoms with Crippen molar-refractivity contribution in [2.24, 2.45) is 0 Å². The van der Waals surface area contributed by atoms with E-state index in [4.69, 9.17) is 0 Å². The maximum Gasteiger partial charge on any atom is 0.125 e. The van der Waals surface area contributed by atoms with Crippen LogP contribution >= 0.6 is 22.7 Å². The molecule has 0 atom stereocenters. The molecule has 0 aliphatic heterocycles. The van der Waals surface area contributed by atoms with E-state index in [2.05, 4.69) is 46.9 Å². The summed E-state index contributed by atoms with van der Waals surface area (Å²) in [5.41, 5.74) is 1.27. The zero-order valence-corrected chi connectivity index (χ0v) is 12.5. The Bertz CT molecular complexity index is 669. The highest BCUT2D eigenvalue weighted by atomic mass is 32.1. The van der Waals surface area contributed by atoms with Gasteiger partial charge in [-0.15, -0.1) is 22.7 Å². The number of thiophene rings is 1. The summed E-state index contributed by atoms with van der Waals surface area (Å²) in [6.45, 7) is 4.17. The third-order valence-electron chi connectivity index (χ3n) is 2.99. The van der Waals surface area contributed by atoms with Crippen LogP contribution < -0.4 is 5.32 Å². The van der Waals surface area contributed by atoms with E-state index in [1.807, 2.05) is 6.20 Å². The van der Waals surface area contributed by atoms with E-state index in [1.54, 1.807) is 22.7 Å². The molecule has 0 amide bonds. The Balaban J connectivity index is 1.86. The summed E-state index contributed by atoms with van der Waals surface area (Å²) in [4.78, 5) is 5.88. The molecule has 0 aliphatic rings. The van der Waals surface area contributed by atoms with E-state index >= 15 is 0 Å². The second-order valence-corrected chi connectivity index (χ2v) is 6.48. The molecule has 2 aromatic heterocycles. The van der Waals surface area contributed by atoms with Gasteiger partial charge in [0, 0.05) is 38.6 Å². The van der Waals surface area contributed by atoms with Gasteiger partial charge in [0.15, 0.2) is 0 Å². The minimum Gasteiger partial charge on any atom is -0.312 e. The van der Waals surface area contributed by atoms with E-state index < -0.39 is 0 Å². The molecule has 98 valence electrons. The van der Waals surface area contributed by atoms with Crippen LogP contribution in [0.5, 0.6) is 0 Å². The lowest BCUT2D eigenvalue weighted by molar-refractivity contribution is 0.681. The van der Waals surface area contributed by atoms with Crippen LogP contribution in [0.2, 0.25) is 0 Å². The molecule has 0 fully saturated rings. The lowest BCUT2D eigenvalue weighted by atomic mass is 10.2. The standard InChI is InChI=1S/C15H16N2S2/c1-2-7-16-8-11-9-17-15(19-11)13-10-18-14-6-4-3-5-12(13)14/h3-6,9-10,16H,2,7-8H2,1H3. The summed E-state index contributed by atoms with van der Waals surface area (Å²) < 4.78 is 1.33. The SMILES string of the molecule is CCCNCc1cnc(-c2csc3ccccc23)s1. The first kappa shape index (κ1) is 12.8. The van der Waals surface area contributed by atoms with Gasteiger partial charge < -0.3 is 5.32 Å². The first-order chi connectivity index (χ1) is 9.38. The predicted molar refractivity (Wildman–Crippen MR) is 84.9 cm³/mol. The van der Waals surface area contributed by atoms with Gasteiger partial charge >= 0.3 is 0 Å². The van der Waals surface area contributed by atoms with Crippen LogP contribution in [0.1, 0.15) is 18.2 Å². The van der Waals surface area contributed by atoms with Gasteiger partial charge in [0.1, 0.15) is 5.01 Å². The second-order valence-electron chi connectivity index (χ2n) is 4.45. The molecule has 3 aromatic rings. The number of benzene rings is 1.